The number of thioether (sulfide) groups is 1. The highest BCUT2D eigenvalue weighted by molar-refractivity contribution is 8.00. The zero-order chi connectivity index (χ0) is 23.3. The molecule has 3 N–H and O–H groups in total. The molecule has 10 nitrogen and oxygen atoms in total. The minimum atomic E-state index is -3.78. The number of anilines is 1. The van der Waals surface area contributed by atoms with Crippen LogP contribution in [0.4, 0.5) is 5.69 Å². The van der Waals surface area contributed by atoms with Gasteiger partial charge in [-0.2, -0.15) is 0 Å². The second-order valence-corrected chi connectivity index (χ2v) is 9.61. The van der Waals surface area contributed by atoms with Gasteiger partial charge in [-0.1, -0.05) is 11.8 Å². The average Bonchev–Trinajstić information content (AvgIpc) is 3.11. The minimum Gasteiger partial charge on any atom is -0.497 e. The Morgan fingerprint density at radius 2 is 1.75 bits per heavy atom. The molecule has 12 heteroatoms. The summed E-state index contributed by atoms with van der Waals surface area (Å²) in [5, 5.41) is 16.2. The molecule has 0 aliphatic heterocycles. The molecule has 1 amide bonds. The molecule has 32 heavy (non-hydrogen) atoms. The van der Waals surface area contributed by atoms with Crippen LogP contribution in [0.5, 0.6) is 11.5 Å². The molecular formula is C20H23N5O5S2. The van der Waals surface area contributed by atoms with E-state index < -0.39 is 15.3 Å². The number of rotatable bonds is 9. The number of primary sulfonamides is 1. The molecule has 0 saturated carbocycles. The molecule has 0 aliphatic rings. The number of carbonyl (C=O) groups excluding carboxylic acids is 1. The number of hydrogen-bond donors (Lipinski definition) is 2. The molecule has 1 unspecified atom stereocenters. The van der Waals surface area contributed by atoms with E-state index in [2.05, 4.69) is 15.5 Å². The van der Waals surface area contributed by atoms with E-state index in [9.17, 15) is 13.2 Å². The third kappa shape index (κ3) is 5.99. The summed E-state index contributed by atoms with van der Waals surface area (Å²) in [6, 6.07) is 12.8. The summed E-state index contributed by atoms with van der Waals surface area (Å²) >= 11 is 1.24. The third-order valence-corrected chi connectivity index (χ3v) is 6.52. The predicted molar refractivity (Wildman–Crippen MR) is 120 cm³/mol. The maximum Gasteiger partial charge on any atom is 0.238 e. The van der Waals surface area contributed by atoms with E-state index in [0.717, 1.165) is 5.75 Å². The normalized spacial score (nSPS) is 12.2. The molecule has 1 aromatic heterocycles. The van der Waals surface area contributed by atoms with Crippen LogP contribution in [-0.4, -0.2) is 41.4 Å². The number of hydrogen-bond acceptors (Lipinski definition) is 8. The van der Waals surface area contributed by atoms with E-state index in [4.69, 9.17) is 14.6 Å². The maximum atomic E-state index is 12.5. The molecule has 2 aromatic carbocycles. The van der Waals surface area contributed by atoms with Crippen LogP contribution < -0.4 is 19.9 Å². The van der Waals surface area contributed by atoms with E-state index in [1.54, 1.807) is 49.9 Å². The molecule has 0 saturated heterocycles. The van der Waals surface area contributed by atoms with Gasteiger partial charge in [0.2, 0.25) is 15.9 Å². The number of nitrogens with zero attached hydrogens (tertiary/aromatic N) is 3. The molecule has 1 heterocycles. The van der Waals surface area contributed by atoms with Crippen molar-refractivity contribution in [1.29, 1.82) is 0 Å². The predicted octanol–water partition coefficient (Wildman–Crippen LogP) is 2.17. The number of carbonyl (C=O) groups is 1. The molecule has 0 spiro atoms. The average molecular weight is 478 g/mol. The van der Waals surface area contributed by atoms with Gasteiger partial charge in [-0.25, -0.2) is 13.6 Å². The summed E-state index contributed by atoms with van der Waals surface area (Å²) in [7, 11) is -0.390. The van der Waals surface area contributed by atoms with Crippen LogP contribution in [0, 0.1) is 0 Å². The highest BCUT2D eigenvalue weighted by atomic mass is 32.2. The van der Waals surface area contributed by atoms with Crippen LogP contribution in [0.2, 0.25) is 0 Å². The Hall–Kier alpha value is -3.09. The van der Waals surface area contributed by atoms with E-state index in [1.807, 2.05) is 0 Å². The Labute approximate surface area is 190 Å². The van der Waals surface area contributed by atoms with Gasteiger partial charge >= 0.3 is 0 Å². The highest BCUT2D eigenvalue weighted by Gasteiger charge is 2.19. The van der Waals surface area contributed by atoms with Gasteiger partial charge in [0.15, 0.2) is 11.0 Å². The van der Waals surface area contributed by atoms with Crippen molar-refractivity contribution >= 4 is 33.4 Å². The first-order valence-electron chi connectivity index (χ1n) is 9.43. The Morgan fingerprint density at radius 1 is 1.12 bits per heavy atom. The van der Waals surface area contributed by atoms with Gasteiger partial charge in [0.25, 0.3) is 0 Å². The van der Waals surface area contributed by atoms with Crippen LogP contribution >= 0.6 is 11.8 Å². The van der Waals surface area contributed by atoms with Crippen molar-refractivity contribution in [2.45, 2.75) is 28.8 Å². The number of sulfonamides is 1. The van der Waals surface area contributed by atoms with Gasteiger partial charge in [-0.3, -0.25) is 4.79 Å². The van der Waals surface area contributed by atoms with E-state index in [1.165, 1.54) is 36.0 Å². The van der Waals surface area contributed by atoms with Gasteiger partial charge in [-0.05, 0) is 55.5 Å². The highest BCUT2D eigenvalue weighted by Crippen LogP contribution is 2.24. The van der Waals surface area contributed by atoms with E-state index in [0.29, 0.717) is 22.4 Å². The molecule has 0 bridgehead atoms. The molecule has 0 fully saturated rings. The zero-order valence-electron chi connectivity index (χ0n) is 17.7. The summed E-state index contributed by atoms with van der Waals surface area (Å²) in [6.07, 6.45) is 0. The lowest BCUT2D eigenvalue weighted by molar-refractivity contribution is -0.115. The number of methoxy groups -OCH3 is 1. The van der Waals surface area contributed by atoms with E-state index >= 15 is 0 Å². The zero-order valence-corrected chi connectivity index (χ0v) is 19.3. The van der Waals surface area contributed by atoms with Crippen LogP contribution in [-0.2, 0) is 28.5 Å². The Morgan fingerprint density at radius 3 is 2.34 bits per heavy atom. The first-order valence-corrected chi connectivity index (χ1v) is 11.9. The van der Waals surface area contributed by atoms with Gasteiger partial charge in [0.1, 0.15) is 18.1 Å². The van der Waals surface area contributed by atoms with Crippen molar-refractivity contribution in [3.63, 3.8) is 0 Å². The summed E-state index contributed by atoms with van der Waals surface area (Å²) in [5.74, 6) is 1.75. The number of nitrogens with two attached hydrogens (primary N) is 1. The molecule has 170 valence electrons. The SMILES string of the molecule is COc1ccc(OCc2nnc(SC(C)C(=O)Nc3ccc(S(N)(=O)=O)cc3)n2C)cc1. The molecule has 1 atom stereocenters. The molecular weight excluding hydrogens is 454 g/mol. The molecule has 0 aliphatic carbocycles. The smallest absolute Gasteiger partial charge is 0.238 e. The first-order chi connectivity index (χ1) is 15.2. The molecule has 3 rings (SSSR count). The quantitative estimate of drug-likeness (QED) is 0.447. The van der Waals surface area contributed by atoms with Crippen molar-refractivity contribution in [3.05, 3.63) is 54.4 Å². The number of nitrogens with one attached hydrogen (secondary N) is 1. The van der Waals surface area contributed by atoms with Crippen molar-refractivity contribution in [2.24, 2.45) is 12.2 Å². The Balaban J connectivity index is 1.57. The van der Waals surface area contributed by atoms with Crippen LogP contribution in [0.15, 0.2) is 58.6 Å². The Kier molecular flexibility index (Phi) is 7.38. The standard InChI is InChI=1S/C20H23N5O5S2/c1-13(19(26)22-14-4-10-17(11-5-14)32(21,27)28)31-20-24-23-18(25(20)2)12-30-16-8-6-15(29-3)7-9-16/h4-11,13H,12H2,1-3H3,(H,22,26)(H2,21,27,28). The molecule has 0 radical (unpaired) electrons. The fourth-order valence-corrected chi connectivity index (χ4v) is 3.93. The van der Waals surface area contributed by atoms with Gasteiger partial charge < -0.3 is 19.4 Å². The van der Waals surface area contributed by atoms with Gasteiger partial charge in [-0.15, -0.1) is 10.2 Å². The van der Waals surface area contributed by atoms with Gasteiger partial charge in [0.05, 0.1) is 17.3 Å². The number of aromatic nitrogens is 3. The topological polar surface area (TPSA) is 138 Å². The van der Waals surface area contributed by atoms with Crippen molar-refractivity contribution in [3.8, 4) is 11.5 Å². The summed E-state index contributed by atoms with van der Waals surface area (Å²) in [4.78, 5) is 12.5. The maximum absolute atomic E-state index is 12.5. The lowest BCUT2D eigenvalue weighted by Gasteiger charge is -2.12. The number of ether oxygens (including phenoxy) is 2. The Bertz CT molecular complexity index is 1180. The van der Waals surface area contributed by atoms with Crippen molar-refractivity contribution in [2.75, 3.05) is 12.4 Å². The van der Waals surface area contributed by atoms with E-state index in [-0.39, 0.29) is 17.4 Å². The minimum absolute atomic E-state index is 0.0265. The third-order valence-electron chi connectivity index (χ3n) is 4.45. The summed E-state index contributed by atoms with van der Waals surface area (Å²) in [5.41, 5.74) is 0.460. The summed E-state index contributed by atoms with van der Waals surface area (Å²) < 4.78 is 35.3. The van der Waals surface area contributed by atoms with Crippen molar-refractivity contribution < 1.29 is 22.7 Å². The van der Waals surface area contributed by atoms with Crippen LogP contribution in [0.1, 0.15) is 12.7 Å². The lowest BCUT2D eigenvalue weighted by Crippen LogP contribution is -2.23. The second kappa shape index (κ2) is 10.0. The fourth-order valence-electron chi connectivity index (χ4n) is 2.58. The van der Waals surface area contributed by atoms with Crippen LogP contribution in [0.25, 0.3) is 0 Å². The number of amides is 1. The molecule has 3 aromatic rings. The number of benzene rings is 2. The largest absolute Gasteiger partial charge is 0.497 e. The fraction of sp³-hybridized carbons (Fsp3) is 0.250. The second-order valence-electron chi connectivity index (χ2n) is 6.74. The first kappa shape index (κ1) is 23.6. The van der Waals surface area contributed by atoms with Gasteiger partial charge in [0, 0.05) is 12.7 Å². The summed E-state index contributed by atoms with van der Waals surface area (Å²) in [6.45, 7) is 1.95. The lowest BCUT2D eigenvalue weighted by atomic mass is 10.3. The van der Waals surface area contributed by atoms with Crippen LogP contribution in [0.3, 0.4) is 0 Å². The van der Waals surface area contributed by atoms with Crippen molar-refractivity contribution in [1.82, 2.24) is 14.8 Å². The monoisotopic (exact) mass is 477 g/mol.